The van der Waals surface area contributed by atoms with Crippen LogP contribution in [0.2, 0.25) is 0 Å². The van der Waals surface area contributed by atoms with Crippen LogP contribution in [0.1, 0.15) is 25.0 Å². The zero-order chi connectivity index (χ0) is 52.8. The van der Waals surface area contributed by atoms with Gasteiger partial charge in [0.15, 0.2) is 0 Å². The minimum Gasteiger partial charge on any atom is -0.456 e. The molecule has 0 bridgehead atoms. The van der Waals surface area contributed by atoms with Gasteiger partial charge in [0, 0.05) is 33.2 Å². The Morgan fingerprint density at radius 2 is 0.787 bits per heavy atom. The van der Waals surface area contributed by atoms with Gasteiger partial charge in [0.25, 0.3) is 0 Å². The summed E-state index contributed by atoms with van der Waals surface area (Å²) >= 11 is 0. The summed E-state index contributed by atoms with van der Waals surface area (Å²) in [6.45, 7) is 4.81. The van der Waals surface area contributed by atoms with Crippen molar-refractivity contribution < 1.29 is 4.42 Å². The molecule has 1 aliphatic carbocycles. The highest BCUT2D eigenvalue weighted by Gasteiger charge is 2.39. The molecule has 1 aliphatic rings. The number of benzene rings is 10. The molecule has 11 aromatic rings. The number of nitrogens with zero attached hydrogens (tertiary/aromatic N) is 1. The molecule has 1 aromatic heterocycles. The van der Waals surface area contributed by atoms with E-state index in [9.17, 15) is 0 Å². The molecule has 0 N–H and O–H groups in total. The van der Waals surface area contributed by atoms with Crippen molar-refractivity contribution in [2.24, 2.45) is 0 Å². The molecule has 1 heterocycles. The zero-order valence-corrected chi connectivity index (χ0v) is 47.0. The first kappa shape index (κ1) is 49.1. The van der Waals surface area contributed by atoms with Crippen LogP contribution in [0, 0.1) is 0 Å². The fourth-order valence-electron chi connectivity index (χ4n) is 13.8. The SMILES string of the molecule is Bc1c(B)c(B)c2c(-c3cccc(N(c4cccc(-c5c(B)c(B)c(B)c6c(B)c(B)c(B)c(B)c56)c4)c4cc(-c5ccc6oc7ccccc7c6c5)c5c(c4)-c4ccccc4C5(C)C)c3)c(B)c(B)c(B)c2c1B. The third kappa shape index (κ3) is 7.13. The second-order valence-corrected chi connectivity index (χ2v) is 22.8. The summed E-state index contributed by atoms with van der Waals surface area (Å²) in [6, 6.07) is 48.2. The minimum absolute atomic E-state index is 0.249. The van der Waals surface area contributed by atoms with E-state index < -0.39 is 0 Å². The van der Waals surface area contributed by atoms with Gasteiger partial charge in [-0.25, -0.2) is 0 Å². The van der Waals surface area contributed by atoms with E-state index in [1.807, 2.05) is 0 Å². The molecule has 344 valence electrons. The average Bonchev–Trinajstić information content (AvgIpc) is 3.90. The molecular formula is C59H55B14NO. The Kier molecular flexibility index (Phi) is 11.6. The van der Waals surface area contributed by atoms with Gasteiger partial charge in [0.2, 0.25) is 0 Å². The Bertz CT molecular complexity index is 4170. The largest absolute Gasteiger partial charge is 0.456 e. The van der Waals surface area contributed by atoms with E-state index in [-0.39, 0.29) is 5.41 Å². The molecule has 0 unspecified atom stereocenters. The molecule has 75 heavy (non-hydrogen) atoms. The number of hydrogen-bond acceptors (Lipinski definition) is 2. The first-order valence-electron chi connectivity index (χ1n) is 27.0. The Labute approximate surface area is 455 Å². The average molecular weight is 945 g/mol. The lowest BCUT2D eigenvalue weighted by Gasteiger charge is -2.31. The highest BCUT2D eigenvalue weighted by Crippen LogP contribution is 2.55. The van der Waals surface area contributed by atoms with Crippen molar-refractivity contribution in [1.82, 2.24) is 0 Å². The van der Waals surface area contributed by atoms with Crippen LogP contribution in [0.3, 0.4) is 0 Å². The number of furan rings is 1. The topological polar surface area (TPSA) is 16.4 Å². The molecule has 2 nitrogen and oxygen atoms in total. The third-order valence-electron chi connectivity index (χ3n) is 19.0. The van der Waals surface area contributed by atoms with Crippen LogP contribution in [-0.2, 0) is 5.41 Å². The van der Waals surface area contributed by atoms with Crippen molar-refractivity contribution in [3.63, 3.8) is 0 Å². The summed E-state index contributed by atoms with van der Waals surface area (Å²) < 4.78 is 6.44. The smallest absolute Gasteiger partial charge is 0.139 e. The van der Waals surface area contributed by atoms with Gasteiger partial charge in [-0.1, -0.05) is 130 Å². The van der Waals surface area contributed by atoms with Gasteiger partial charge in [-0.15, -0.1) is 32.8 Å². The molecular weight excluding hydrogens is 890 g/mol. The first-order chi connectivity index (χ1) is 35.8. The minimum atomic E-state index is -0.249. The summed E-state index contributed by atoms with van der Waals surface area (Å²) in [5, 5.41) is 7.79. The fraction of sp³-hybridized carbons (Fsp3) is 0.0508. The van der Waals surface area contributed by atoms with Gasteiger partial charge in [-0.3, -0.25) is 0 Å². The maximum atomic E-state index is 6.44. The van der Waals surface area contributed by atoms with Crippen molar-refractivity contribution in [2.75, 3.05) is 4.90 Å². The van der Waals surface area contributed by atoms with Crippen molar-refractivity contribution >= 4 is 247 Å². The number of hydrogen-bond donors (Lipinski definition) is 0. The van der Waals surface area contributed by atoms with Crippen molar-refractivity contribution in [2.45, 2.75) is 19.3 Å². The van der Waals surface area contributed by atoms with Gasteiger partial charge in [-0.2, -0.15) is 0 Å². The van der Waals surface area contributed by atoms with Crippen LogP contribution in [0.15, 0.2) is 132 Å². The third-order valence-corrected chi connectivity index (χ3v) is 19.0. The van der Waals surface area contributed by atoms with Gasteiger partial charge in [0.05, 0.1) is 0 Å². The summed E-state index contributed by atoms with van der Waals surface area (Å²) in [7, 11) is 32.5. The predicted octanol–water partition coefficient (Wildman–Crippen LogP) is -7.71. The molecule has 0 saturated carbocycles. The second-order valence-electron chi connectivity index (χ2n) is 22.8. The van der Waals surface area contributed by atoms with Gasteiger partial charge in [0.1, 0.15) is 121 Å². The Morgan fingerprint density at radius 1 is 0.333 bits per heavy atom. The lowest BCUT2D eigenvalue weighted by molar-refractivity contribution is 0.662. The summed E-state index contributed by atoms with van der Waals surface area (Å²) in [5.41, 5.74) is 36.8. The van der Waals surface area contributed by atoms with Gasteiger partial charge in [-0.05, 0) is 132 Å². The monoisotopic (exact) mass is 948 g/mol. The quantitative estimate of drug-likeness (QED) is 0.155. The number of para-hydroxylation sites is 1. The fourth-order valence-corrected chi connectivity index (χ4v) is 13.8. The van der Waals surface area contributed by atoms with E-state index in [4.69, 9.17) is 4.42 Å². The van der Waals surface area contributed by atoms with E-state index in [1.54, 1.807) is 0 Å². The molecule has 0 spiro atoms. The predicted molar refractivity (Wildman–Crippen MR) is 372 cm³/mol. The molecule has 12 rings (SSSR count). The maximum absolute atomic E-state index is 6.44. The summed E-state index contributed by atoms with van der Waals surface area (Å²) in [5.74, 6) is 0. The number of fused-ring (bicyclic) bond motifs is 8. The van der Waals surface area contributed by atoms with E-state index >= 15 is 0 Å². The molecule has 0 radical (unpaired) electrons. The van der Waals surface area contributed by atoms with E-state index in [0.29, 0.717) is 0 Å². The van der Waals surface area contributed by atoms with Crippen molar-refractivity contribution in [3.8, 4) is 44.5 Å². The molecule has 0 saturated heterocycles. The first-order valence-corrected chi connectivity index (χ1v) is 27.0. The molecule has 0 fully saturated rings. The van der Waals surface area contributed by atoms with Crippen LogP contribution in [0.25, 0.3) is 88.0 Å². The Balaban J connectivity index is 1.18. The lowest BCUT2D eigenvalue weighted by Crippen LogP contribution is -2.52. The summed E-state index contributed by atoms with van der Waals surface area (Å²) in [6.07, 6.45) is 0. The normalized spacial score (nSPS) is 12.7. The lowest BCUT2D eigenvalue weighted by atomic mass is 9.59. The number of rotatable bonds is 6. The summed E-state index contributed by atoms with van der Waals surface area (Å²) in [4.78, 5) is 2.55. The van der Waals surface area contributed by atoms with Crippen molar-refractivity contribution in [1.29, 1.82) is 0 Å². The van der Waals surface area contributed by atoms with Gasteiger partial charge >= 0.3 is 0 Å². The molecule has 16 heteroatoms. The van der Waals surface area contributed by atoms with Crippen LogP contribution in [-0.4, -0.2) is 110 Å². The Hall–Kier alpha value is -6.77. The van der Waals surface area contributed by atoms with Crippen LogP contribution in [0.5, 0.6) is 0 Å². The zero-order valence-electron chi connectivity index (χ0n) is 47.0. The van der Waals surface area contributed by atoms with E-state index in [1.165, 1.54) is 154 Å². The van der Waals surface area contributed by atoms with Crippen LogP contribution < -0.4 is 81.4 Å². The molecule has 0 atom stereocenters. The van der Waals surface area contributed by atoms with E-state index in [2.05, 4.69) is 256 Å². The van der Waals surface area contributed by atoms with Crippen LogP contribution in [0.4, 0.5) is 17.1 Å². The van der Waals surface area contributed by atoms with Crippen molar-refractivity contribution in [3.05, 3.63) is 139 Å². The molecule has 0 aliphatic heterocycles. The maximum Gasteiger partial charge on any atom is 0.139 e. The second kappa shape index (κ2) is 17.7. The molecule has 0 amide bonds. The molecule has 10 aromatic carbocycles. The van der Waals surface area contributed by atoms with Crippen LogP contribution >= 0.6 is 0 Å². The highest BCUT2D eigenvalue weighted by atomic mass is 16.3. The number of anilines is 3. The van der Waals surface area contributed by atoms with E-state index in [0.717, 1.165) is 39.0 Å². The Morgan fingerprint density at radius 3 is 1.33 bits per heavy atom. The highest BCUT2D eigenvalue weighted by molar-refractivity contribution is 6.73. The standard InChI is InChI=1S/C59H55B14NO/c1-59(2)35-15-5-3-13-30(35)34-23-29(22-32(44(34)59)24-17-18-37-33(21-24)31-14-4-6-16-36(31)75-37)74(27-11-7-9-25(19-27)38-40-42(49(64)53(68)45(38)60)51(66)57(72)55(70)47(40)62)28-12-8-10-26(20-28)39-41-43(50(65)54(69)46(39)61)52(67)58(73)56(71)48(41)63/h3-23H,60-73H2,1-2H3. The van der Waals surface area contributed by atoms with Gasteiger partial charge < -0.3 is 9.32 Å².